The molecular weight excluding hydrogens is 192 g/mol. The molecule has 0 unspecified atom stereocenters. The molecule has 1 heterocycles. The Bertz CT molecular complexity index is 271. The number of primary amides is 1. The van der Waals surface area contributed by atoms with Gasteiger partial charge < -0.3 is 11.1 Å². The molecule has 0 fully saturated rings. The lowest BCUT2D eigenvalue weighted by molar-refractivity contribution is -0.118. The van der Waals surface area contributed by atoms with E-state index in [0.29, 0.717) is 6.42 Å². The summed E-state index contributed by atoms with van der Waals surface area (Å²) >= 11 is 0. The van der Waals surface area contributed by atoms with E-state index in [2.05, 4.69) is 10.4 Å². The Morgan fingerprint density at radius 2 is 2.27 bits per heavy atom. The molecule has 1 rings (SSSR count). The van der Waals surface area contributed by atoms with Gasteiger partial charge in [0.1, 0.15) is 0 Å². The van der Waals surface area contributed by atoms with Crippen LogP contribution in [0.3, 0.4) is 0 Å². The van der Waals surface area contributed by atoms with E-state index in [-0.39, 0.29) is 5.91 Å². The van der Waals surface area contributed by atoms with Crippen LogP contribution in [0.2, 0.25) is 0 Å². The van der Waals surface area contributed by atoms with Crippen LogP contribution in [-0.2, 0) is 11.3 Å². The SMILES string of the molecule is NC(=O)CCCCNCCn1cccn1. The molecule has 1 aromatic heterocycles. The molecule has 0 aromatic carbocycles. The standard InChI is InChI=1S/C10H18N4O/c11-10(15)4-1-2-5-12-7-9-14-8-3-6-13-14/h3,6,8,12H,1-2,4-5,7,9H2,(H2,11,15). The van der Waals surface area contributed by atoms with Gasteiger partial charge in [-0.3, -0.25) is 9.48 Å². The number of carbonyl (C=O) groups excluding carboxylic acids is 1. The summed E-state index contributed by atoms with van der Waals surface area (Å²) in [5.74, 6) is -0.216. The number of hydrogen-bond acceptors (Lipinski definition) is 3. The number of amides is 1. The molecule has 3 N–H and O–H groups in total. The molecule has 1 amide bonds. The summed E-state index contributed by atoms with van der Waals surface area (Å²) in [6, 6.07) is 1.91. The van der Waals surface area contributed by atoms with E-state index in [1.54, 1.807) is 6.20 Å². The Labute approximate surface area is 89.6 Å². The van der Waals surface area contributed by atoms with Crippen LogP contribution in [0, 0.1) is 0 Å². The highest BCUT2D eigenvalue weighted by molar-refractivity contribution is 5.73. The number of hydrogen-bond donors (Lipinski definition) is 2. The molecule has 5 nitrogen and oxygen atoms in total. The predicted octanol–water partition coefficient (Wildman–Crippen LogP) is 0.128. The maximum atomic E-state index is 10.4. The van der Waals surface area contributed by atoms with Crippen LogP contribution in [0.5, 0.6) is 0 Å². The van der Waals surface area contributed by atoms with E-state index < -0.39 is 0 Å². The Morgan fingerprint density at radius 1 is 1.40 bits per heavy atom. The number of rotatable bonds is 8. The fourth-order valence-electron chi connectivity index (χ4n) is 1.30. The van der Waals surface area contributed by atoms with E-state index in [0.717, 1.165) is 32.5 Å². The third kappa shape index (κ3) is 5.85. The number of unbranched alkanes of at least 4 members (excludes halogenated alkanes) is 1. The van der Waals surface area contributed by atoms with Crippen molar-refractivity contribution in [1.29, 1.82) is 0 Å². The summed E-state index contributed by atoms with van der Waals surface area (Å²) < 4.78 is 1.89. The normalized spacial score (nSPS) is 10.4. The van der Waals surface area contributed by atoms with Gasteiger partial charge in [0.2, 0.25) is 5.91 Å². The number of nitrogens with two attached hydrogens (primary N) is 1. The lowest BCUT2D eigenvalue weighted by atomic mass is 10.2. The fraction of sp³-hybridized carbons (Fsp3) is 0.600. The topological polar surface area (TPSA) is 72.9 Å². The molecule has 5 heteroatoms. The number of nitrogens with one attached hydrogen (secondary N) is 1. The summed E-state index contributed by atoms with van der Waals surface area (Å²) in [5, 5.41) is 7.37. The van der Waals surface area contributed by atoms with Gasteiger partial charge in [0, 0.05) is 25.4 Å². The maximum Gasteiger partial charge on any atom is 0.217 e. The Hall–Kier alpha value is -1.36. The first kappa shape index (κ1) is 11.7. The van der Waals surface area contributed by atoms with Gasteiger partial charge in [0.25, 0.3) is 0 Å². The van der Waals surface area contributed by atoms with Gasteiger partial charge in [0.15, 0.2) is 0 Å². The van der Waals surface area contributed by atoms with Gasteiger partial charge in [-0.25, -0.2) is 0 Å². The summed E-state index contributed by atoms with van der Waals surface area (Å²) in [6.45, 7) is 2.70. The van der Waals surface area contributed by atoms with Crippen LogP contribution in [-0.4, -0.2) is 28.8 Å². The van der Waals surface area contributed by atoms with E-state index in [1.807, 2.05) is 16.9 Å². The second kappa shape index (κ2) is 7.00. The van der Waals surface area contributed by atoms with E-state index in [9.17, 15) is 4.79 Å². The lowest BCUT2D eigenvalue weighted by Gasteiger charge is -2.04. The van der Waals surface area contributed by atoms with E-state index >= 15 is 0 Å². The molecule has 0 aliphatic carbocycles. The molecule has 0 aliphatic heterocycles. The minimum absolute atomic E-state index is 0.216. The average molecular weight is 210 g/mol. The second-order valence-corrected chi connectivity index (χ2v) is 3.44. The van der Waals surface area contributed by atoms with Crippen molar-refractivity contribution >= 4 is 5.91 Å². The van der Waals surface area contributed by atoms with Crippen LogP contribution in [0.25, 0.3) is 0 Å². The quantitative estimate of drug-likeness (QED) is 0.599. The van der Waals surface area contributed by atoms with Gasteiger partial charge in [0.05, 0.1) is 6.54 Å². The van der Waals surface area contributed by atoms with Crippen molar-refractivity contribution in [2.45, 2.75) is 25.8 Å². The predicted molar refractivity (Wildman–Crippen MR) is 58.1 cm³/mol. The number of aromatic nitrogens is 2. The first-order chi connectivity index (χ1) is 7.29. The molecule has 84 valence electrons. The third-order valence-electron chi connectivity index (χ3n) is 2.10. The molecular formula is C10H18N4O. The van der Waals surface area contributed by atoms with Gasteiger partial charge >= 0.3 is 0 Å². The summed E-state index contributed by atoms with van der Waals surface area (Å²) in [7, 11) is 0. The van der Waals surface area contributed by atoms with Crippen LogP contribution in [0.4, 0.5) is 0 Å². The Morgan fingerprint density at radius 3 is 2.93 bits per heavy atom. The number of nitrogens with zero attached hydrogens (tertiary/aromatic N) is 2. The highest BCUT2D eigenvalue weighted by Gasteiger charge is 1.94. The number of carbonyl (C=O) groups is 1. The van der Waals surface area contributed by atoms with E-state index in [1.165, 1.54) is 0 Å². The van der Waals surface area contributed by atoms with Crippen LogP contribution < -0.4 is 11.1 Å². The van der Waals surface area contributed by atoms with Crippen molar-refractivity contribution < 1.29 is 4.79 Å². The van der Waals surface area contributed by atoms with Gasteiger partial charge in [-0.15, -0.1) is 0 Å². The highest BCUT2D eigenvalue weighted by atomic mass is 16.1. The van der Waals surface area contributed by atoms with Gasteiger partial charge in [-0.05, 0) is 25.5 Å². The first-order valence-electron chi connectivity index (χ1n) is 5.25. The van der Waals surface area contributed by atoms with Crippen LogP contribution in [0.1, 0.15) is 19.3 Å². The fourth-order valence-corrected chi connectivity index (χ4v) is 1.30. The van der Waals surface area contributed by atoms with Gasteiger partial charge in [-0.2, -0.15) is 5.10 Å². The lowest BCUT2D eigenvalue weighted by Crippen LogP contribution is -2.21. The highest BCUT2D eigenvalue weighted by Crippen LogP contribution is 1.92. The summed E-state index contributed by atoms with van der Waals surface area (Å²) in [5.41, 5.74) is 5.03. The molecule has 0 saturated heterocycles. The summed E-state index contributed by atoms with van der Waals surface area (Å²) in [6.07, 6.45) is 6.05. The van der Waals surface area contributed by atoms with E-state index in [4.69, 9.17) is 5.73 Å². The first-order valence-corrected chi connectivity index (χ1v) is 5.25. The molecule has 15 heavy (non-hydrogen) atoms. The maximum absolute atomic E-state index is 10.4. The van der Waals surface area contributed by atoms with Crippen molar-refractivity contribution in [3.05, 3.63) is 18.5 Å². The summed E-state index contributed by atoms with van der Waals surface area (Å²) in [4.78, 5) is 10.4. The van der Waals surface area contributed by atoms with Crippen LogP contribution in [0.15, 0.2) is 18.5 Å². The minimum atomic E-state index is -0.216. The zero-order chi connectivity index (χ0) is 10.9. The molecule has 0 bridgehead atoms. The zero-order valence-corrected chi connectivity index (χ0v) is 8.85. The molecule has 0 atom stereocenters. The van der Waals surface area contributed by atoms with Crippen molar-refractivity contribution in [2.24, 2.45) is 5.73 Å². The average Bonchev–Trinajstić information content (AvgIpc) is 2.68. The molecule has 1 aromatic rings. The van der Waals surface area contributed by atoms with Crippen molar-refractivity contribution in [3.8, 4) is 0 Å². The van der Waals surface area contributed by atoms with Crippen LogP contribution >= 0.6 is 0 Å². The largest absolute Gasteiger partial charge is 0.370 e. The van der Waals surface area contributed by atoms with Crippen molar-refractivity contribution in [3.63, 3.8) is 0 Å². The molecule has 0 aliphatic rings. The van der Waals surface area contributed by atoms with Gasteiger partial charge in [-0.1, -0.05) is 0 Å². The second-order valence-electron chi connectivity index (χ2n) is 3.44. The monoisotopic (exact) mass is 210 g/mol. The Balaban J connectivity index is 1.87. The van der Waals surface area contributed by atoms with Crippen molar-refractivity contribution in [2.75, 3.05) is 13.1 Å². The minimum Gasteiger partial charge on any atom is -0.370 e. The molecule has 0 spiro atoms. The Kier molecular flexibility index (Phi) is 5.47. The van der Waals surface area contributed by atoms with Crippen molar-refractivity contribution in [1.82, 2.24) is 15.1 Å². The third-order valence-corrected chi connectivity index (χ3v) is 2.10. The smallest absolute Gasteiger partial charge is 0.217 e. The zero-order valence-electron chi connectivity index (χ0n) is 8.85. The molecule has 0 saturated carbocycles. The molecule has 0 radical (unpaired) electrons.